The molecule has 6 heteroatoms. The van der Waals surface area contributed by atoms with Crippen LogP contribution in [0.15, 0.2) is 45.6 Å². The number of halogens is 2. The molecule has 0 aliphatic rings. The molecule has 2 aromatic carbocycles. The van der Waals surface area contributed by atoms with E-state index in [4.69, 9.17) is 27.6 Å². The lowest BCUT2D eigenvalue weighted by atomic mass is 10.0. The van der Waals surface area contributed by atoms with Gasteiger partial charge >= 0.3 is 5.63 Å². The van der Waals surface area contributed by atoms with E-state index in [1.54, 1.807) is 18.2 Å². The standard InChI is InChI=1S/C16H10Cl2O4/c17-12-4-1-8(6-13(12)18)5-11-15(20)10-3-2-9(19)7-14(10)22-16(11)21/h1-4,6-7,19-20H,5H2. The molecule has 0 atom stereocenters. The van der Waals surface area contributed by atoms with Crippen molar-refractivity contribution < 1.29 is 14.6 Å². The van der Waals surface area contributed by atoms with Gasteiger partial charge in [0, 0.05) is 12.5 Å². The zero-order valence-electron chi connectivity index (χ0n) is 11.1. The van der Waals surface area contributed by atoms with Gasteiger partial charge in [-0.1, -0.05) is 29.3 Å². The highest BCUT2D eigenvalue weighted by molar-refractivity contribution is 6.42. The van der Waals surface area contributed by atoms with Gasteiger partial charge in [-0.05, 0) is 29.8 Å². The lowest BCUT2D eigenvalue weighted by Crippen LogP contribution is -2.08. The quantitative estimate of drug-likeness (QED) is 0.691. The van der Waals surface area contributed by atoms with Gasteiger partial charge in [-0.15, -0.1) is 0 Å². The molecule has 0 bridgehead atoms. The molecule has 0 saturated carbocycles. The summed E-state index contributed by atoms with van der Waals surface area (Å²) in [5, 5.41) is 20.8. The first kappa shape index (κ1) is 14.8. The van der Waals surface area contributed by atoms with Gasteiger partial charge in [-0.3, -0.25) is 0 Å². The van der Waals surface area contributed by atoms with E-state index < -0.39 is 5.63 Å². The summed E-state index contributed by atoms with van der Waals surface area (Å²) in [4.78, 5) is 12.1. The molecule has 0 unspecified atom stereocenters. The third-order valence-electron chi connectivity index (χ3n) is 3.32. The number of rotatable bonds is 2. The predicted molar refractivity (Wildman–Crippen MR) is 85.1 cm³/mol. The highest BCUT2D eigenvalue weighted by atomic mass is 35.5. The molecule has 22 heavy (non-hydrogen) atoms. The average molecular weight is 337 g/mol. The minimum atomic E-state index is -0.665. The molecule has 0 amide bonds. The fourth-order valence-electron chi connectivity index (χ4n) is 2.22. The second kappa shape index (κ2) is 5.55. The molecule has 1 aromatic heterocycles. The number of fused-ring (bicyclic) bond motifs is 1. The van der Waals surface area contributed by atoms with Crippen molar-refractivity contribution in [3.63, 3.8) is 0 Å². The van der Waals surface area contributed by atoms with Crippen molar-refractivity contribution in [3.8, 4) is 11.5 Å². The van der Waals surface area contributed by atoms with E-state index in [2.05, 4.69) is 0 Å². The second-order valence-electron chi connectivity index (χ2n) is 4.82. The maximum atomic E-state index is 12.1. The van der Waals surface area contributed by atoms with E-state index in [0.29, 0.717) is 15.4 Å². The van der Waals surface area contributed by atoms with Crippen molar-refractivity contribution >= 4 is 34.2 Å². The van der Waals surface area contributed by atoms with Gasteiger partial charge < -0.3 is 14.6 Å². The Morgan fingerprint density at radius 1 is 1.00 bits per heavy atom. The number of aromatic hydroxyl groups is 2. The van der Waals surface area contributed by atoms with Crippen LogP contribution < -0.4 is 5.63 Å². The molecule has 0 aliphatic carbocycles. The Morgan fingerprint density at radius 2 is 1.77 bits per heavy atom. The van der Waals surface area contributed by atoms with Gasteiger partial charge in [0.25, 0.3) is 0 Å². The Balaban J connectivity index is 2.12. The molecule has 1 heterocycles. The Morgan fingerprint density at radius 3 is 2.50 bits per heavy atom. The molecule has 3 aromatic rings. The second-order valence-corrected chi connectivity index (χ2v) is 5.64. The molecule has 2 N–H and O–H groups in total. The molecular weight excluding hydrogens is 327 g/mol. The van der Waals surface area contributed by atoms with Crippen molar-refractivity contribution in [2.45, 2.75) is 6.42 Å². The van der Waals surface area contributed by atoms with Gasteiger partial charge in [0.05, 0.1) is 21.0 Å². The van der Waals surface area contributed by atoms with Crippen LogP contribution in [0.1, 0.15) is 11.1 Å². The summed E-state index contributed by atoms with van der Waals surface area (Å²) in [6.07, 6.45) is 0.155. The summed E-state index contributed by atoms with van der Waals surface area (Å²) in [6.45, 7) is 0. The Labute approximate surface area is 135 Å². The van der Waals surface area contributed by atoms with Crippen LogP contribution in [0.5, 0.6) is 11.5 Å². The zero-order chi connectivity index (χ0) is 15.9. The molecule has 0 aliphatic heterocycles. The Bertz CT molecular complexity index is 931. The van der Waals surface area contributed by atoms with E-state index in [9.17, 15) is 15.0 Å². The highest BCUT2D eigenvalue weighted by Gasteiger charge is 2.15. The van der Waals surface area contributed by atoms with Crippen molar-refractivity contribution in [2.24, 2.45) is 0 Å². The Hall–Kier alpha value is -2.17. The smallest absolute Gasteiger partial charge is 0.343 e. The van der Waals surface area contributed by atoms with E-state index in [1.165, 1.54) is 18.2 Å². The average Bonchev–Trinajstić information content (AvgIpc) is 2.46. The van der Waals surface area contributed by atoms with Gasteiger partial charge in [0.1, 0.15) is 17.1 Å². The lowest BCUT2D eigenvalue weighted by Gasteiger charge is -2.07. The van der Waals surface area contributed by atoms with Crippen LogP contribution in [-0.2, 0) is 6.42 Å². The summed E-state index contributed by atoms with van der Waals surface area (Å²) in [5.41, 5.74) is 0.300. The van der Waals surface area contributed by atoms with Gasteiger partial charge in [0.15, 0.2) is 0 Å². The van der Waals surface area contributed by atoms with Gasteiger partial charge in [-0.25, -0.2) is 4.79 Å². The number of hydrogen-bond donors (Lipinski definition) is 2. The number of benzene rings is 2. The largest absolute Gasteiger partial charge is 0.508 e. The SMILES string of the molecule is O=c1oc2cc(O)ccc2c(O)c1Cc1ccc(Cl)c(Cl)c1. The van der Waals surface area contributed by atoms with Crippen LogP contribution in [0, 0.1) is 0 Å². The van der Waals surface area contributed by atoms with Crippen LogP contribution in [0.4, 0.5) is 0 Å². The van der Waals surface area contributed by atoms with E-state index >= 15 is 0 Å². The first-order valence-electron chi connectivity index (χ1n) is 6.37. The molecule has 0 saturated heterocycles. The third-order valence-corrected chi connectivity index (χ3v) is 4.06. The summed E-state index contributed by atoms with van der Waals surface area (Å²) < 4.78 is 5.15. The highest BCUT2D eigenvalue weighted by Crippen LogP contribution is 2.31. The van der Waals surface area contributed by atoms with Crippen molar-refractivity contribution in [1.82, 2.24) is 0 Å². The normalized spacial score (nSPS) is 11.0. The van der Waals surface area contributed by atoms with E-state index in [-0.39, 0.29) is 29.1 Å². The van der Waals surface area contributed by atoms with Crippen LogP contribution >= 0.6 is 23.2 Å². The molecule has 112 valence electrons. The third kappa shape index (κ3) is 2.63. The molecule has 0 spiro atoms. The number of phenols is 1. The summed E-state index contributed by atoms with van der Waals surface area (Å²) in [7, 11) is 0. The van der Waals surface area contributed by atoms with Crippen LogP contribution in [0.2, 0.25) is 10.0 Å². The van der Waals surface area contributed by atoms with Crippen molar-refractivity contribution in [1.29, 1.82) is 0 Å². The summed E-state index contributed by atoms with van der Waals surface area (Å²) in [5.74, 6) is -0.218. The number of phenolic OH excluding ortho intramolecular Hbond substituents is 1. The van der Waals surface area contributed by atoms with Crippen molar-refractivity contribution in [3.05, 3.63) is 68.0 Å². The van der Waals surface area contributed by atoms with Gasteiger partial charge in [-0.2, -0.15) is 0 Å². The lowest BCUT2D eigenvalue weighted by molar-refractivity contribution is 0.455. The van der Waals surface area contributed by atoms with Gasteiger partial charge in [0.2, 0.25) is 0 Å². The predicted octanol–water partition coefficient (Wildman–Crippen LogP) is 4.10. The van der Waals surface area contributed by atoms with Crippen LogP contribution in [0.25, 0.3) is 11.0 Å². The fourth-order valence-corrected chi connectivity index (χ4v) is 2.54. The summed E-state index contributed by atoms with van der Waals surface area (Å²) >= 11 is 11.8. The van der Waals surface area contributed by atoms with E-state index in [1.807, 2.05) is 0 Å². The minimum Gasteiger partial charge on any atom is -0.508 e. The monoisotopic (exact) mass is 336 g/mol. The molecule has 0 fully saturated rings. The Kier molecular flexibility index (Phi) is 3.72. The minimum absolute atomic E-state index is 0.0488. The fraction of sp³-hybridized carbons (Fsp3) is 0.0625. The first-order chi connectivity index (χ1) is 10.5. The number of hydrogen-bond acceptors (Lipinski definition) is 4. The molecule has 0 radical (unpaired) electrons. The summed E-state index contributed by atoms with van der Waals surface area (Å²) in [6, 6.07) is 9.14. The first-order valence-corrected chi connectivity index (χ1v) is 7.13. The van der Waals surface area contributed by atoms with Crippen molar-refractivity contribution in [2.75, 3.05) is 0 Å². The molecular formula is C16H10Cl2O4. The van der Waals surface area contributed by atoms with Crippen LogP contribution in [-0.4, -0.2) is 10.2 Å². The maximum absolute atomic E-state index is 12.1. The van der Waals surface area contributed by atoms with E-state index in [0.717, 1.165) is 5.56 Å². The molecule has 3 rings (SSSR count). The zero-order valence-corrected chi connectivity index (χ0v) is 12.6. The van der Waals surface area contributed by atoms with Crippen LogP contribution in [0.3, 0.4) is 0 Å². The maximum Gasteiger partial charge on any atom is 0.343 e. The molecule has 4 nitrogen and oxygen atoms in total. The topological polar surface area (TPSA) is 70.7 Å².